The van der Waals surface area contributed by atoms with E-state index in [1.807, 2.05) is 13.8 Å². The van der Waals surface area contributed by atoms with Crippen LogP contribution < -0.4 is 21.1 Å². The van der Waals surface area contributed by atoms with Crippen LogP contribution in [0, 0.1) is 6.92 Å². The maximum absolute atomic E-state index is 11.9. The summed E-state index contributed by atoms with van der Waals surface area (Å²) in [6.07, 6.45) is 0. The van der Waals surface area contributed by atoms with E-state index < -0.39 is 11.8 Å². The molecule has 6 heteroatoms. The zero-order chi connectivity index (χ0) is 16.8. The summed E-state index contributed by atoms with van der Waals surface area (Å²) >= 11 is 0. The first-order valence-corrected chi connectivity index (χ1v) is 7.21. The molecular formula is C17H19N3O3. The number of nitrogens with one attached hydrogen (secondary N) is 2. The average Bonchev–Trinajstić information content (AvgIpc) is 2.52. The Balaban J connectivity index is 1.98. The lowest BCUT2D eigenvalue weighted by Gasteiger charge is -2.09. The number of carbonyl (C=O) groups excluding carboxylic acids is 2. The fraction of sp³-hybridized carbons (Fsp3) is 0.176. The fourth-order valence-corrected chi connectivity index (χ4v) is 1.96. The van der Waals surface area contributed by atoms with Gasteiger partial charge in [0.25, 0.3) is 0 Å². The molecule has 120 valence electrons. The molecule has 0 spiro atoms. The van der Waals surface area contributed by atoms with Crippen LogP contribution in [-0.4, -0.2) is 18.4 Å². The van der Waals surface area contributed by atoms with Crippen molar-refractivity contribution >= 4 is 28.9 Å². The van der Waals surface area contributed by atoms with Crippen molar-refractivity contribution in [2.45, 2.75) is 13.8 Å². The number of anilines is 3. The number of benzene rings is 2. The predicted molar refractivity (Wildman–Crippen MR) is 90.5 cm³/mol. The van der Waals surface area contributed by atoms with Crippen LogP contribution in [0.1, 0.15) is 12.5 Å². The van der Waals surface area contributed by atoms with Crippen molar-refractivity contribution in [3.05, 3.63) is 48.0 Å². The summed E-state index contributed by atoms with van der Waals surface area (Å²) in [7, 11) is 0. The van der Waals surface area contributed by atoms with Crippen LogP contribution in [0.15, 0.2) is 42.5 Å². The lowest BCUT2D eigenvalue weighted by molar-refractivity contribution is -0.132. The first kappa shape index (κ1) is 16.4. The van der Waals surface area contributed by atoms with Gasteiger partial charge in [-0.1, -0.05) is 6.07 Å². The van der Waals surface area contributed by atoms with E-state index in [0.717, 1.165) is 5.56 Å². The molecule has 0 aliphatic rings. The van der Waals surface area contributed by atoms with Gasteiger partial charge in [-0.15, -0.1) is 0 Å². The van der Waals surface area contributed by atoms with E-state index in [4.69, 9.17) is 10.5 Å². The van der Waals surface area contributed by atoms with Gasteiger partial charge in [0.05, 0.1) is 18.0 Å². The van der Waals surface area contributed by atoms with Gasteiger partial charge in [-0.25, -0.2) is 0 Å². The summed E-state index contributed by atoms with van der Waals surface area (Å²) in [6.45, 7) is 4.34. The fourth-order valence-electron chi connectivity index (χ4n) is 1.96. The molecule has 0 radical (unpaired) electrons. The van der Waals surface area contributed by atoms with Crippen LogP contribution in [-0.2, 0) is 9.59 Å². The molecule has 0 aliphatic heterocycles. The molecule has 0 aromatic heterocycles. The zero-order valence-corrected chi connectivity index (χ0v) is 13.1. The molecule has 6 nitrogen and oxygen atoms in total. The molecule has 0 fully saturated rings. The van der Waals surface area contributed by atoms with Crippen molar-refractivity contribution in [1.82, 2.24) is 0 Å². The highest BCUT2D eigenvalue weighted by Gasteiger charge is 2.15. The van der Waals surface area contributed by atoms with Gasteiger partial charge in [0.2, 0.25) is 0 Å². The number of hydrogen-bond donors (Lipinski definition) is 3. The summed E-state index contributed by atoms with van der Waals surface area (Å²) in [5.74, 6) is -0.856. The van der Waals surface area contributed by atoms with Crippen molar-refractivity contribution in [1.29, 1.82) is 0 Å². The van der Waals surface area contributed by atoms with Crippen LogP contribution in [0.3, 0.4) is 0 Å². The number of aryl methyl sites for hydroxylation is 1. The second-order valence-corrected chi connectivity index (χ2v) is 4.96. The number of hydrogen-bond acceptors (Lipinski definition) is 4. The smallest absolute Gasteiger partial charge is 0.314 e. The Labute approximate surface area is 134 Å². The number of rotatable bonds is 4. The van der Waals surface area contributed by atoms with Gasteiger partial charge in [-0.3, -0.25) is 9.59 Å². The second kappa shape index (κ2) is 7.31. The topological polar surface area (TPSA) is 93.4 Å². The molecule has 0 saturated heterocycles. The molecule has 4 N–H and O–H groups in total. The Morgan fingerprint density at radius 1 is 1.04 bits per heavy atom. The Morgan fingerprint density at radius 3 is 2.30 bits per heavy atom. The Bertz CT molecular complexity index is 712. The van der Waals surface area contributed by atoms with Crippen LogP contribution >= 0.6 is 0 Å². The molecule has 0 heterocycles. The molecule has 2 amide bonds. The predicted octanol–water partition coefficient (Wildman–Crippen LogP) is 2.55. The van der Waals surface area contributed by atoms with Crippen molar-refractivity contribution in [2.24, 2.45) is 0 Å². The highest BCUT2D eigenvalue weighted by Crippen LogP contribution is 2.19. The van der Waals surface area contributed by atoms with Crippen LogP contribution in [0.5, 0.6) is 5.75 Å². The number of amides is 2. The standard InChI is InChI=1S/C17H19N3O3/c1-3-23-13-7-5-12(6-8-13)19-16(21)17(22)20-15-9-4-11(2)10-14(15)18/h4-10H,3,18H2,1-2H3,(H,19,21)(H,20,22). The van der Waals surface area contributed by atoms with E-state index in [9.17, 15) is 9.59 Å². The van der Waals surface area contributed by atoms with E-state index in [1.165, 1.54) is 0 Å². The van der Waals surface area contributed by atoms with Crippen LogP contribution in [0.2, 0.25) is 0 Å². The van der Waals surface area contributed by atoms with Crippen molar-refractivity contribution < 1.29 is 14.3 Å². The SMILES string of the molecule is CCOc1ccc(NC(=O)C(=O)Nc2ccc(C)cc2N)cc1. The van der Waals surface area contributed by atoms with Crippen LogP contribution in [0.4, 0.5) is 17.1 Å². The Hall–Kier alpha value is -3.02. The number of nitrogen functional groups attached to an aromatic ring is 1. The third-order valence-electron chi connectivity index (χ3n) is 3.08. The Morgan fingerprint density at radius 2 is 1.70 bits per heavy atom. The first-order valence-electron chi connectivity index (χ1n) is 7.21. The molecule has 2 aromatic carbocycles. The minimum atomic E-state index is -0.783. The van der Waals surface area contributed by atoms with Gasteiger partial charge < -0.3 is 21.1 Å². The largest absolute Gasteiger partial charge is 0.494 e. The summed E-state index contributed by atoms with van der Waals surface area (Å²) in [6, 6.07) is 11.9. The third-order valence-corrected chi connectivity index (χ3v) is 3.08. The van der Waals surface area contributed by atoms with E-state index in [2.05, 4.69) is 10.6 Å². The van der Waals surface area contributed by atoms with Gasteiger partial charge in [0, 0.05) is 5.69 Å². The number of ether oxygens (including phenoxy) is 1. The van der Waals surface area contributed by atoms with Crippen molar-refractivity contribution in [3.8, 4) is 5.75 Å². The molecule has 0 aliphatic carbocycles. The quantitative estimate of drug-likeness (QED) is 0.597. The van der Waals surface area contributed by atoms with E-state index in [1.54, 1.807) is 42.5 Å². The van der Waals surface area contributed by atoms with Gasteiger partial charge in [0.1, 0.15) is 5.75 Å². The van der Waals surface area contributed by atoms with Crippen LogP contribution in [0.25, 0.3) is 0 Å². The first-order chi connectivity index (χ1) is 11.0. The lowest BCUT2D eigenvalue weighted by atomic mass is 10.2. The van der Waals surface area contributed by atoms with Gasteiger partial charge in [-0.05, 0) is 55.8 Å². The summed E-state index contributed by atoms with van der Waals surface area (Å²) < 4.78 is 5.31. The molecule has 0 unspecified atom stereocenters. The molecular weight excluding hydrogens is 294 g/mol. The monoisotopic (exact) mass is 313 g/mol. The van der Waals surface area contributed by atoms with Gasteiger partial charge >= 0.3 is 11.8 Å². The third kappa shape index (κ3) is 4.47. The Kier molecular flexibility index (Phi) is 5.19. The van der Waals surface area contributed by atoms with E-state index >= 15 is 0 Å². The molecule has 2 aromatic rings. The summed E-state index contributed by atoms with van der Waals surface area (Å²) in [5, 5.41) is 5.00. The maximum Gasteiger partial charge on any atom is 0.314 e. The molecule has 0 bridgehead atoms. The van der Waals surface area contributed by atoms with Crippen molar-refractivity contribution in [2.75, 3.05) is 23.0 Å². The number of carbonyl (C=O) groups is 2. The second-order valence-electron chi connectivity index (χ2n) is 4.96. The summed E-state index contributed by atoms with van der Waals surface area (Å²) in [5.41, 5.74) is 8.10. The molecule has 0 saturated carbocycles. The maximum atomic E-state index is 11.9. The highest BCUT2D eigenvalue weighted by atomic mass is 16.5. The van der Waals surface area contributed by atoms with E-state index in [0.29, 0.717) is 29.4 Å². The molecule has 0 atom stereocenters. The summed E-state index contributed by atoms with van der Waals surface area (Å²) in [4.78, 5) is 23.8. The molecule has 23 heavy (non-hydrogen) atoms. The minimum absolute atomic E-state index is 0.405. The lowest BCUT2D eigenvalue weighted by Crippen LogP contribution is -2.29. The number of nitrogens with two attached hydrogens (primary N) is 1. The average molecular weight is 313 g/mol. The van der Waals surface area contributed by atoms with E-state index in [-0.39, 0.29) is 0 Å². The normalized spacial score (nSPS) is 10.0. The van der Waals surface area contributed by atoms with Gasteiger partial charge in [0.15, 0.2) is 0 Å². The highest BCUT2D eigenvalue weighted by molar-refractivity contribution is 6.43. The van der Waals surface area contributed by atoms with Gasteiger partial charge in [-0.2, -0.15) is 0 Å². The molecule has 2 rings (SSSR count). The minimum Gasteiger partial charge on any atom is -0.494 e. The zero-order valence-electron chi connectivity index (χ0n) is 13.1. The van der Waals surface area contributed by atoms with Crippen molar-refractivity contribution in [3.63, 3.8) is 0 Å².